The van der Waals surface area contributed by atoms with Crippen LogP contribution in [-0.2, 0) is 0 Å². The molecule has 0 radical (unpaired) electrons. The highest BCUT2D eigenvalue weighted by molar-refractivity contribution is 6.48. The Morgan fingerprint density at radius 3 is 2.33 bits per heavy atom. The summed E-state index contributed by atoms with van der Waals surface area (Å²) in [6, 6.07) is 0. The van der Waals surface area contributed by atoms with Crippen molar-refractivity contribution in [2.75, 3.05) is 0 Å². The van der Waals surface area contributed by atoms with Gasteiger partial charge in [0.1, 0.15) is 0 Å². The van der Waals surface area contributed by atoms with Crippen LogP contribution >= 0.6 is 34.8 Å². The van der Waals surface area contributed by atoms with Gasteiger partial charge in [0.15, 0.2) is 0 Å². The third-order valence-corrected chi connectivity index (χ3v) is 3.35. The van der Waals surface area contributed by atoms with E-state index in [0.29, 0.717) is 21.0 Å². The third kappa shape index (κ3) is 1.87. The van der Waals surface area contributed by atoms with Gasteiger partial charge in [-0.25, -0.2) is 0 Å². The summed E-state index contributed by atoms with van der Waals surface area (Å²) in [5, 5.41) is 1.51. The largest absolute Gasteiger partial charge is 0.0827 e. The highest BCUT2D eigenvalue weighted by Crippen LogP contribution is 2.34. The zero-order valence-corrected chi connectivity index (χ0v) is 9.13. The van der Waals surface area contributed by atoms with Crippen molar-refractivity contribution >= 4 is 34.8 Å². The van der Waals surface area contributed by atoms with Gasteiger partial charge in [-0.2, -0.15) is 0 Å². The molecular formula is C9H9Cl3. The molecule has 0 bridgehead atoms. The molecule has 0 aromatic rings. The van der Waals surface area contributed by atoms with E-state index >= 15 is 0 Å². The Kier molecular flexibility index (Phi) is 3.28. The molecule has 12 heavy (non-hydrogen) atoms. The van der Waals surface area contributed by atoms with Gasteiger partial charge in [0.05, 0.1) is 15.1 Å². The summed E-state index contributed by atoms with van der Waals surface area (Å²) in [5.74, 6) is 0.294. The van der Waals surface area contributed by atoms with Gasteiger partial charge in [0.2, 0.25) is 0 Å². The summed E-state index contributed by atoms with van der Waals surface area (Å²) >= 11 is 17.7. The van der Waals surface area contributed by atoms with E-state index in [4.69, 9.17) is 34.8 Å². The predicted molar refractivity (Wildman–Crippen MR) is 55.6 cm³/mol. The maximum atomic E-state index is 5.98. The summed E-state index contributed by atoms with van der Waals surface area (Å²) in [5.41, 5.74) is 1.05. The molecule has 0 amide bonds. The molecule has 1 aliphatic carbocycles. The highest BCUT2D eigenvalue weighted by atomic mass is 35.5. The van der Waals surface area contributed by atoms with Gasteiger partial charge in [-0.3, -0.25) is 0 Å². The van der Waals surface area contributed by atoms with Crippen molar-refractivity contribution in [2.24, 2.45) is 5.92 Å². The maximum absolute atomic E-state index is 5.98. The van der Waals surface area contributed by atoms with Gasteiger partial charge in [-0.05, 0) is 24.5 Å². The average molecular weight is 224 g/mol. The van der Waals surface area contributed by atoms with Gasteiger partial charge < -0.3 is 0 Å². The van der Waals surface area contributed by atoms with E-state index in [9.17, 15) is 0 Å². The number of rotatable bonds is 0. The molecule has 1 unspecified atom stereocenters. The monoisotopic (exact) mass is 222 g/mol. The molecule has 0 aromatic heterocycles. The second kappa shape index (κ2) is 3.87. The van der Waals surface area contributed by atoms with Crippen LogP contribution in [-0.4, -0.2) is 0 Å². The van der Waals surface area contributed by atoms with Gasteiger partial charge >= 0.3 is 0 Å². The van der Waals surface area contributed by atoms with Crippen molar-refractivity contribution in [1.29, 1.82) is 0 Å². The normalized spacial score (nSPS) is 24.9. The van der Waals surface area contributed by atoms with E-state index in [0.717, 1.165) is 5.57 Å². The Hall–Kier alpha value is 0.0900. The van der Waals surface area contributed by atoms with Crippen LogP contribution in [0, 0.1) is 5.92 Å². The lowest BCUT2D eigenvalue weighted by Crippen LogP contribution is -1.92. The quantitative estimate of drug-likeness (QED) is 0.571. The zero-order valence-electron chi connectivity index (χ0n) is 6.87. The number of hydrogen-bond acceptors (Lipinski definition) is 0. The fourth-order valence-corrected chi connectivity index (χ4v) is 1.63. The molecule has 0 spiro atoms. The van der Waals surface area contributed by atoms with Crippen molar-refractivity contribution in [2.45, 2.75) is 13.8 Å². The lowest BCUT2D eigenvalue weighted by atomic mass is 10.0. The van der Waals surface area contributed by atoms with E-state index < -0.39 is 0 Å². The van der Waals surface area contributed by atoms with Crippen LogP contribution in [0.3, 0.4) is 0 Å². The van der Waals surface area contributed by atoms with Crippen LogP contribution in [0.2, 0.25) is 0 Å². The maximum Gasteiger partial charge on any atom is 0.0777 e. The van der Waals surface area contributed by atoms with Crippen molar-refractivity contribution in [3.8, 4) is 0 Å². The minimum absolute atomic E-state index is 0.294. The first-order valence-corrected chi connectivity index (χ1v) is 4.77. The van der Waals surface area contributed by atoms with Gasteiger partial charge in [0.25, 0.3) is 0 Å². The van der Waals surface area contributed by atoms with E-state index in [1.165, 1.54) is 0 Å². The zero-order chi connectivity index (χ0) is 9.30. The SMILES string of the molecule is CC1=C(Cl)C(Cl)=C(Cl)C=CC1C. The fraction of sp³-hybridized carbons (Fsp3) is 0.333. The minimum atomic E-state index is 0.294. The van der Waals surface area contributed by atoms with E-state index in [1.54, 1.807) is 6.08 Å². The van der Waals surface area contributed by atoms with Crippen molar-refractivity contribution < 1.29 is 0 Å². The molecule has 0 fully saturated rings. The molecule has 1 atom stereocenters. The molecule has 0 aromatic carbocycles. The Bertz CT molecular complexity index is 284. The van der Waals surface area contributed by atoms with Crippen LogP contribution in [0.1, 0.15) is 13.8 Å². The van der Waals surface area contributed by atoms with Crippen LogP contribution in [0.15, 0.2) is 32.8 Å². The van der Waals surface area contributed by atoms with E-state index in [-0.39, 0.29) is 0 Å². The van der Waals surface area contributed by atoms with Crippen molar-refractivity contribution in [3.05, 3.63) is 32.8 Å². The summed E-state index contributed by atoms with van der Waals surface area (Å²) in [4.78, 5) is 0. The molecule has 1 aliphatic rings. The van der Waals surface area contributed by atoms with E-state index in [1.807, 2.05) is 19.9 Å². The molecule has 66 valence electrons. The number of allylic oxidation sites excluding steroid dienone is 6. The lowest BCUT2D eigenvalue weighted by molar-refractivity contribution is 0.862. The van der Waals surface area contributed by atoms with E-state index in [2.05, 4.69) is 0 Å². The van der Waals surface area contributed by atoms with Crippen molar-refractivity contribution in [3.63, 3.8) is 0 Å². The molecule has 0 saturated carbocycles. The smallest absolute Gasteiger partial charge is 0.0777 e. The first-order chi connectivity index (χ1) is 5.54. The highest BCUT2D eigenvalue weighted by Gasteiger charge is 2.14. The Balaban J connectivity index is 3.22. The standard InChI is InChI=1S/C9H9Cl3/c1-5-3-4-7(10)9(12)8(11)6(5)2/h3-5H,1-2H3. The van der Waals surface area contributed by atoms with Gasteiger partial charge in [0, 0.05) is 0 Å². The minimum Gasteiger partial charge on any atom is -0.0827 e. The summed E-state index contributed by atoms with van der Waals surface area (Å²) < 4.78 is 0. The average Bonchev–Trinajstić information content (AvgIpc) is 2.14. The number of halogens is 3. The van der Waals surface area contributed by atoms with Crippen LogP contribution in [0.4, 0.5) is 0 Å². The lowest BCUT2D eigenvalue weighted by Gasteiger charge is -2.06. The third-order valence-electron chi connectivity index (χ3n) is 1.96. The topological polar surface area (TPSA) is 0 Å². The van der Waals surface area contributed by atoms with Gasteiger partial charge in [-0.15, -0.1) is 0 Å². The molecule has 3 heteroatoms. The predicted octanol–water partition coefficient (Wildman–Crippen LogP) is 4.39. The fourth-order valence-electron chi connectivity index (χ4n) is 0.924. The van der Waals surface area contributed by atoms with Crippen LogP contribution < -0.4 is 0 Å². The van der Waals surface area contributed by atoms with Gasteiger partial charge in [-0.1, -0.05) is 47.8 Å². The summed E-state index contributed by atoms with van der Waals surface area (Å²) in [6.45, 7) is 4.00. The molecule has 0 aliphatic heterocycles. The second-order valence-corrected chi connectivity index (χ2v) is 3.97. The molecule has 0 nitrogen and oxygen atoms in total. The second-order valence-electron chi connectivity index (χ2n) is 2.81. The van der Waals surface area contributed by atoms with Crippen LogP contribution in [0.5, 0.6) is 0 Å². The Labute approximate surface area is 87.5 Å². The van der Waals surface area contributed by atoms with Crippen LogP contribution in [0.25, 0.3) is 0 Å². The number of hydrogen-bond donors (Lipinski definition) is 0. The molecule has 0 N–H and O–H groups in total. The molecular weight excluding hydrogens is 214 g/mol. The molecule has 0 saturated heterocycles. The molecule has 0 heterocycles. The summed E-state index contributed by atoms with van der Waals surface area (Å²) in [6.07, 6.45) is 3.77. The summed E-state index contributed by atoms with van der Waals surface area (Å²) in [7, 11) is 0. The molecule has 1 rings (SSSR count). The van der Waals surface area contributed by atoms with Crippen molar-refractivity contribution in [1.82, 2.24) is 0 Å². The Morgan fingerprint density at radius 2 is 1.75 bits per heavy atom. The first kappa shape index (κ1) is 10.2. The Morgan fingerprint density at radius 1 is 1.17 bits per heavy atom. The first-order valence-electron chi connectivity index (χ1n) is 3.64.